The quantitative estimate of drug-likeness (QED) is 0.292. The maximum absolute atomic E-state index is 11.3. The predicted octanol–water partition coefficient (Wildman–Crippen LogP) is 5.60. The Bertz CT molecular complexity index is 679. The van der Waals surface area contributed by atoms with Crippen LogP contribution in [-0.4, -0.2) is 31.1 Å². The second-order valence-corrected chi connectivity index (χ2v) is 6.53. The predicted molar refractivity (Wildman–Crippen MR) is 110 cm³/mol. The molecule has 2 rings (SSSR count). The van der Waals surface area contributed by atoms with E-state index in [0.717, 1.165) is 49.2 Å². The van der Waals surface area contributed by atoms with Gasteiger partial charge in [0.1, 0.15) is 11.5 Å². The Labute approximate surface area is 167 Å². The molecule has 0 aliphatic carbocycles. The Balaban J connectivity index is 1.73. The lowest BCUT2D eigenvalue weighted by Crippen LogP contribution is -2.09. The van der Waals surface area contributed by atoms with Crippen molar-refractivity contribution in [1.29, 1.82) is 0 Å². The number of rotatable bonds is 12. The van der Waals surface area contributed by atoms with Gasteiger partial charge in [-0.05, 0) is 55.2 Å². The van der Waals surface area contributed by atoms with E-state index in [4.69, 9.17) is 19.3 Å². The standard InChI is InChI=1S/C23H30O5/c1-2-26-23(25)28-22-15-11-20(12-16-22)19-9-13-21(14-10-19)27-18-8-6-4-3-5-7-17-24/h9-16,24H,2-8,17-18H2,1H3. The highest BCUT2D eigenvalue weighted by molar-refractivity contribution is 5.67. The number of hydrogen-bond donors (Lipinski definition) is 1. The summed E-state index contributed by atoms with van der Waals surface area (Å²) in [6.07, 6.45) is 5.89. The fourth-order valence-corrected chi connectivity index (χ4v) is 2.81. The molecule has 5 nitrogen and oxygen atoms in total. The minimum atomic E-state index is -0.693. The smallest absolute Gasteiger partial charge is 0.494 e. The Hall–Kier alpha value is -2.53. The van der Waals surface area contributed by atoms with Gasteiger partial charge in [-0.2, -0.15) is 0 Å². The molecule has 0 aliphatic rings. The van der Waals surface area contributed by atoms with E-state index >= 15 is 0 Å². The molecule has 1 N–H and O–H groups in total. The van der Waals surface area contributed by atoms with Crippen molar-refractivity contribution >= 4 is 6.16 Å². The number of unbranched alkanes of at least 4 members (excludes halogenated alkanes) is 5. The first-order chi connectivity index (χ1) is 13.7. The van der Waals surface area contributed by atoms with E-state index in [1.807, 2.05) is 36.4 Å². The minimum absolute atomic E-state index is 0.288. The van der Waals surface area contributed by atoms with Gasteiger partial charge in [-0.15, -0.1) is 0 Å². The van der Waals surface area contributed by atoms with Gasteiger partial charge >= 0.3 is 6.16 Å². The van der Waals surface area contributed by atoms with Crippen molar-refractivity contribution in [2.45, 2.75) is 45.4 Å². The zero-order chi connectivity index (χ0) is 20.0. The van der Waals surface area contributed by atoms with Crippen molar-refractivity contribution in [3.05, 3.63) is 48.5 Å². The summed E-state index contributed by atoms with van der Waals surface area (Å²) in [5, 5.41) is 8.74. The summed E-state index contributed by atoms with van der Waals surface area (Å²) in [6, 6.07) is 15.3. The van der Waals surface area contributed by atoms with E-state index in [1.165, 1.54) is 12.8 Å². The fourth-order valence-electron chi connectivity index (χ4n) is 2.81. The third-order valence-corrected chi connectivity index (χ3v) is 4.33. The number of ether oxygens (including phenoxy) is 3. The first-order valence-electron chi connectivity index (χ1n) is 10.0. The van der Waals surface area contributed by atoms with Gasteiger partial charge in [-0.1, -0.05) is 49.9 Å². The zero-order valence-electron chi connectivity index (χ0n) is 16.6. The summed E-state index contributed by atoms with van der Waals surface area (Å²) in [5.74, 6) is 1.32. The van der Waals surface area contributed by atoms with E-state index < -0.39 is 6.16 Å². The Morgan fingerprint density at radius 3 is 1.89 bits per heavy atom. The molecule has 0 atom stereocenters. The largest absolute Gasteiger partial charge is 0.513 e. The molecule has 0 unspecified atom stereocenters. The molecule has 0 spiro atoms. The van der Waals surface area contributed by atoms with Crippen LogP contribution in [-0.2, 0) is 4.74 Å². The van der Waals surface area contributed by atoms with Crippen molar-refractivity contribution < 1.29 is 24.1 Å². The van der Waals surface area contributed by atoms with Crippen LogP contribution in [0.1, 0.15) is 45.4 Å². The monoisotopic (exact) mass is 386 g/mol. The molecular weight excluding hydrogens is 356 g/mol. The second kappa shape index (κ2) is 12.8. The van der Waals surface area contributed by atoms with Crippen LogP contribution in [0.2, 0.25) is 0 Å². The number of carbonyl (C=O) groups excluding carboxylic acids is 1. The molecule has 0 bridgehead atoms. The molecule has 0 fully saturated rings. The summed E-state index contributed by atoms with van der Waals surface area (Å²) < 4.78 is 15.6. The third kappa shape index (κ3) is 8.01. The third-order valence-electron chi connectivity index (χ3n) is 4.33. The van der Waals surface area contributed by atoms with Crippen molar-refractivity contribution in [3.8, 4) is 22.6 Å². The normalized spacial score (nSPS) is 10.5. The molecule has 0 saturated carbocycles. The number of hydrogen-bond acceptors (Lipinski definition) is 5. The number of benzene rings is 2. The first-order valence-corrected chi connectivity index (χ1v) is 10.0. The Morgan fingerprint density at radius 1 is 0.786 bits per heavy atom. The van der Waals surface area contributed by atoms with Crippen LogP contribution in [0.3, 0.4) is 0 Å². The second-order valence-electron chi connectivity index (χ2n) is 6.53. The number of aliphatic hydroxyl groups is 1. The summed E-state index contributed by atoms with van der Waals surface area (Å²) in [4.78, 5) is 11.3. The molecule has 0 aromatic heterocycles. The average Bonchev–Trinajstić information content (AvgIpc) is 2.71. The van der Waals surface area contributed by atoms with Gasteiger partial charge in [-0.25, -0.2) is 4.79 Å². The van der Waals surface area contributed by atoms with Gasteiger partial charge in [0.2, 0.25) is 0 Å². The Kier molecular flexibility index (Phi) is 9.94. The topological polar surface area (TPSA) is 65.0 Å². The van der Waals surface area contributed by atoms with Crippen LogP contribution < -0.4 is 9.47 Å². The van der Waals surface area contributed by atoms with Gasteiger partial charge in [0.05, 0.1) is 13.2 Å². The van der Waals surface area contributed by atoms with E-state index in [2.05, 4.69) is 0 Å². The lowest BCUT2D eigenvalue weighted by atomic mass is 10.1. The SMILES string of the molecule is CCOC(=O)Oc1ccc(-c2ccc(OCCCCCCCCO)cc2)cc1. The lowest BCUT2D eigenvalue weighted by molar-refractivity contribution is 0.104. The van der Waals surface area contributed by atoms with Gasteiger partial charge < -0.3 is 19.3 Å². The van der Waals surface area contributed by atoms with Crippen molar-refractivity contribution in [1.82, 2.24) is 0 Å². The van der Waals surface area contributed by atoms with Crippen LogP contribution in [0.15, 0.2) is 48.5 Å². The Morgan fingerprint density at radius 2 is 1.32 bits per heavy atom. The molecule has 0 heterocycles. The maximum Gasteiger partial charge on any atom is 0.513 e. The van der Waals surface area contributed by atoms with E-state index in [9.17, 15) is 4.79 Å². The van der Waals surface area contributed by atoms with E-state index in [0.29, 0.717) is 12.4 Å². The molecule has 2 aromatic rings. The summed E-state index contributed by atoms with van der Waals surface area (Å²) in [6.45, 7) is 3.04. The van der Waals surface area contributed by atoms with Crippen molar-refractivity contribution in [2.75, 3.05) is 19.8 Å². The van der Waals surface area contributed by atoms with Crippen LogP contribution in [0.5, 0.6) is 11.5 Å². The molecule has 5 heteroatoms. The fraction of sp³-hybridized carbons (Fsp3) is 0.435. The lowest BCUT2D eigenvalue weighted by Gasteiger charge is -2.08. The molecule has 152 valence electrons. The summed E-state index contributed by atoms with van der Waals surface area (Å²) >= 11 is 0. The van der Waals surface area contributed by atoms with Gasteiger partial charge in [0.15, 0.2) is 0 Å². The van der Waals surface area contributed by atoms with Gasteiger partial charge in [0, 0.05) is 6.61 Å². The van der Waals surface area contributed by atoms with E-state index in [-0.39, 0.29) is 6.61 Å². The molecule has 28 heavy (non-hydrogen) atoms. The van der Waals surface area contributed by atoms with Crippen LogP contribution >= 0.6 is 0 Å². The highest BCUT2D eigenvalue weighted by atomic mass is 16.7. The molecule has 2 aromatic carbocycles. The first kappa shape index (κ1) is 21.8. The van der Waals surface area contributed by atoms with Crippen LogP contribution in [0, 0.1) is 0 Å². The van der Waals surface area contributed by atoms with Crippen LogP contribution in [0.25, 0.3) is 11.1 Å². The van der Waals surface area contributed by atoms with Gasteiger partial charge in [0.25, 0.3) is 0 Å². The molecule has 0 aliphatic heterocycles. The average molecular weight is 386 g/mol. The van der Waals surface area contributed by atoms with Gasteiger partial charge in [-0.3, -0.25) is 0 Å². The van der Waals surface area contributed by atoms with E-state index in [1.54, 1.807) is 19.1 Å². The maximum atomic E-state index is 11.3. The minimum Gasteiger partial charge on any atom is -0.494 e. The molecule has 0 saturated heterocycles. The van der Waals surface area contributed by atoms with Crippen molar-refractivity contribution in [2.24, 2.45) is 0 Å². The summed E-state index contributed by atoms with van der Waals surface area (Å²) in [7, 11) is 0. The van der Waals surface area contributed by atoms with Crippen LogP contribution in [0.4, 0.5) is 4.79 Å². The summed E-state index contributed by atoms with van der Waals surface area (Å²) in [5.41, 5.74) is 2.10. The highest BCUT2D eigenvalue weighted by Gasteiger charge is 2.05. The molecular formula is C23H30O5. The molecule has 0 radical (unpaired) electrons. The molecule has 0 amide bonds. The number of aliphatic hydroxyl groups excluding tert-OH is 1. The van der Waals surface area contributed by atoms with Crippen molar-refractivity contribution in [3.63, 3.8) is 0 Å². The number of carbonyl (C=O) groups is 1. The highest BCUT2D eigenvalue weighted by Crippen LogP contribution is 2.25. The zero-order valence-corrected chi connectivity index (χ0v) is 16.6.